The number of rotatable bonds is 11. The molecule has 0 bridgehead atoms. The molecule has 4 nitrogen and oxygen atoms in total. The highest BCUT2D eigenvalue weighted by molar-refractivity contribution is 7.99. The van der Waals surface area contributed by atoms with Crippen LogP contribution in [0.4, 0.5) is 0 Å². The fourth-order valence-electron chi connectivity index (χ4n) is 4.64. The van der Waals surface area contributed by atoms with Crippen LogP contribution in [-0.4, -0.2) is 34.6 Å². The summed E-state index contributed by atoms with van der Waals surface area (Å²) in [7, 11) is 0. The van der Waals surface area contributed by atoms with Gasteiger partial charge in [0.15, 0.2) is 0 Å². The van der Waals surface area contributed by atoms with Gasteiger partial charge in [0, 0.05) is 46.1 Å². The fraction of sp³-hybridized carbons (Fsp3) is 0.333. The Hall–Kier alpha value is -2.47. The molecular formula is C30H32Cl2N2O2S. The van der Waals surface area contributed by atoms with Crippen LogP contribution in [0.5, 0.6) is 0 Å². The van der Waals surface area contributed by atoms with Crippen molar-refractivity contribution in [2.75, 3.05) is 5.75 Å². The number of carbonyl (C=O) groups is 2. The normalized spacial score (nSPS) is 14.3. The van der Waals surface area contributed by atoms with Crippen molar-refractivity contribution < 1.29 is 9.59 Å². The minimum Gasteiger partial charge on any atom is -0.352 e. The SMILES string of the molecule is O=C(NC1CCCC1)[C@@H](Cc1ccccc1)N(Cc1ccc(Cl)cc1)C(=O)CCSc1ccc(Cl)cc1. The molecule has 0 aliphatic heterocycles. The Balaban J connectivity index is 1.55. The number of hydrogen-bond donors (Lipinski definition) is 1. The molecule has 1 aliphatic carbocycles. The van der Waals surface area contributed by atoms with Gasteiger partial charge in [0.25, 0.3) is 0 Å². The second kappa shape index (κ2) is 13.9. The maximum atomic E-state index is 13.7. The number of nitrogens with zero attached hydrogens (tertiary/aromatic N) is 1. The minimum absolute atomic E-state index is 0.0427. The Bertz CT molecular complexity index is 1150. The van der Waals surface area contributed by atoms with E-state index < -0.39 is 6.04 Å². The van der Waals surface area contributed by atoms with Crippen LogP contribution in [0.15, 0.2) is 83.8 Å². The van der Waals surface area contributed by atoms with Crippen LogP contribution >= 0.6 is 35.0 Å². The Labute approximate surface area is 233 Å². The van der Waals surface area contributed by atoms with E-state index in [2.05, 4.69) is 5.32 Å². The van der Waals surface area contributed by atoms with E-state index in [0.29, 0.717) is 35.2 Å². The van der Waals surface area contributed by atoms with E-state index in [9.17, 15) is 9.59 Å². The van der Waals surface area contributed by atoms with Gasteiger partial charge in [-0.25, -0.2) is 0 Å². The zero-order valence-electron chi connectivity index (χ0n) is 20.7. The van der Waals surface area contributed by atoms with E-state index in [4.69, 9.17) is 23.2 Å². The van der Waals surface area contributed by atoms with Gasteiger partial charge in [0.1, 0.15) is 6.04 Å². The highest BCUT2D eigenvalue weighted by Gasteiger charge is 2.32. The molecule has 1 aliphatic rings. The number of amides is 2. The van der Waals surface area contributed by atoms with E-state index in [0.717, 1.165) is 41.7 Å². The van der Waals surface area contributed by atoms with Crippen molar-refractivity contribution in [1.82, 2.24) is 10.2 Å². The van der Waals surface area contributed by atoms with Crippen LogP contribution in [0, 0.1) is 0 Å². The average molecular weight is 556 g/mol. The lowest BCUT2D eigenvalue weighted by molar-refractivity contribution is -0.141. The minimum atomic E-state index is -0.605. The summed E-state index contributed by atoms with van der Waals surface area (Å²) in [5.74, 6) is 0.488. The highest BCUT2D eigenvalue weighted by atomic mass is 35.5. The van der Waals surface area contributed by atoms with Crippen LogP contribution in [0.1, 0.15) is 43.2 Å². The molecule has 3 aromatic carbocycles. The topological polar surface area (TPSA) is 49.4 Å². The summed E-state index contributed by atoms with van der Waals surface area (Å²) >= 11 is 13.7. The third kappa shape index (κ3) is 8.53. The molecule has 0 heterocycles. The lowest BCUT2D eigenvalue weighted by Gasteiger charge is -2.32. The Morgan fingerprint density at radius 2 is 1.49 bits per heavy atom. The fourth-order valence-corrected chi connectivity index (χ4v) is 5.73. The molecule has 1 N–H and O–H groups in total. The van der Waals surface area contributed by atoms with Crippen LogP contribution < -0.4 is 5.32 Å². The molecule has 0 aromatic heterocycles. The molecule has 7 heteroatoms. The van der Waals surface area contributed by atoms with Gasteiger partial charge in [-0.3, -0.25) is 9.59 Å². The number of benzene rings is 3. The maximum absolute atomic E-state index is 13.7. The number of halogens is 2. The van der Waals surface area contributed by atoms with Gasteiger partial charge in [-0.15, -0.1) is 11.8 Å². The molecular weight excluding hydrogens is 523 g/mol. The first-order valence-corrected chi connectivity index (χ1v) is 14.5. The zero-order chi connectivity index (χ0) is 26.0. The molecule has 0 unspecified atom stereocenters. The first kappa shape index (κ1) is 27.6. The summed E-state index contributed by atoms with van der Waals surface area (Å²) in [4.78, 5) is 30.2. The summed E-state index contributed by atoms with van der Waals surface area (Å²) in [6, 6.07) is 24.6. The van der Waals surface area contributed by atoms with Crippen molar-refractivity contribution in [3.63, 3.8) is 0 Å². The number of hydrogen-bond acceptors (Lipinski definition) is 3. The smallest absolute Gasteiger partial charge is 0.243 e. The van der Waals surface area contributed by atoms with Gasteiger partial charge in [-0.05, 0) is 60.4 Å². The number of nitrogens with one attached hydrogen (secondary N) is 1. The summed E-state index contributed by atoms with van der Waals surface area (Å²) < 4.78 is 0. The van der Waals surface area contributed by atoms with Crippen LogP contribution in [0.2, 0.25) is 10.0 Å². The van der Waals surface area contributed by atoms with E-state index in [1.54, 1.807) is 16.7 Å². The van der Waals surface area contributed by atoms with Gasteiger partial charge < -0.3 is 10.2 Å². The molecule has 37 heavy (non-hydrogen) atoms. The first-order valence-electron chi connectivity index (χ1n) is 12.7. The standard InChI is InChI=1S/C30H32Cl2N2O2S/c31-24-12-10-23(11-13-24)21-34(29(35)18-19-37-27-16-14-25(32)15-17-27)28(20-22-6-2-1-3-7-22)30(36)33-26-8-4-5-9-26/h1-3,6-7,10-17,26,28H,4-5,8-9,18-21H2,(H,33,36)/t28-/m1/s1. The van der Waals surface area contributed by atoms with Crippen molar-refractivity contribution in [2.24, 2.45) is 0 Å². The third-order valence-electron chi connectivity index (χ3n) is 6.64. The molecule has 194 valence electrons. The average Bonchev–Trinajstić information content (AvgIpc) is 3.42. The number of thioether (sulfide) groups is 1. The van der Waals surface area contributed by atoms with Gasteiger partial charge in [0.05, 0.1) is 0 Å². The third-order valence-corrected chi connectivity index (χ3v) is 8.15. The second-order valence-corrected chi connectivity index (χ2v) is 11.4. The van der Waals surface area contributed by atoms with E-state index >= 15 is 0 Å². The Kier molecular flexibility index (Phi) is 10.4. The summed E-state index contributed by atoms with van der Waals surface area (Å²) in [5, 5.41) is 4.57. The number of carbonyl (C=O) groups excluding carboxylic acids is 2. The van der Waals surface area contributed by atoms with E-state index in [1.165, 1.54) is 0 Å². The monoisotopic (exact) mass is 554 g/mol. The molecule has 4 rings (SSSR count). The van der Waals surface area contributed by atoms with Gasteiger partial charge in [-0.2, -0.15) is 0 Å². The van der Waals surface area contributed by atoms with Crippen molar-refractivity contribution in [3.8, 4) is 0 Å². The van der Waals surface area contributed by atoms with Crippen LogP contribution in [0.25, 0.3) is 0 Å². The maximum Gasteiger partial charge on any atom is 0.243 e. The largest absolute Gasteiger partial charge is 0.352 e. The Morgan fingerprint density at radius 1 is 0.865 bits per heavy atom. The van der Waals surface area contributed by atoms with Crippen molar-refractivity contribution in [1.29, 1.82) is 0 Å². The first-order chi connectivity index (χ1) is 18.0. The highest BCUT2D eigenvalue weighted by Crippen LogP contribution is 2.24. The predicted molar refractivity (Wildman–Crippen MR) is 153 cm³/mol. The second-order valence-electron chi connectivity index (χ2n) is 9.40. The van der Waals surface area contributed by atoms with E-state index in [1.807, 2.05) is 78.9 Å². The molecule has 1 fully saturated rings. The predicted octanol–water partition coefficient (Wildman–Crippen LogP) is 7.17. The lowest BCUT2D eigenvalue weighted by atomic mass is 10.0. The summed E-state index contributed by atoms with van der Waals surface area (Å²) in [6.45, 7) is 0.344. The van der Waals surface area contributed by atoms with Gasteiger partial charge >= 0.3 is 0 Å². The molecule has 2 amide bonds. The molecule has 1 saturated carbocycles. The lowest BCUT2D eigenvalue weighted by Crippen LogP contribution is -2.52. The quantitative estimate of drug-likeness (QED) is 0.255. The Morgan fingerprint density at radius 3 is 2.14 bits per heavy atom. The van der Waals surface area contributed by atoms with Crippen LogP contribution in [-0.2, 0) is 22.6 Å². The molecule has 1 atom stereocenters. The van der Waals surface area contributed by atoms with Crippen molar-refractivity contribution >= 4 is 46.8 Å². The molecule has 0 saturated heterocycles. The molecule has 0 radical (unpaired) electrons. The van der Waals surface area contributed by atoms with Gasteiger partial charge in [-0.1, -0.05) is 78.5 Å². The van der Waals surface area contributed by atoms with Crippen LogP contribution in [0.3, 0.4) is 0 Å². The van der Waals surface area contributed by atoms with Crippen molar-refractivity contribution in [2.45, 2.75) is 62.0 Å². The zero-order valence-corrected chi connectivity index (χ0v) is 23.1. The summed E-state index contributed by atoms with van der Waals surface area (Å²) in [6.07, 6.45) is 5.03. The van der Waals surface area contributed by atoms with E-state index in [-0.39, 0.29) is 17.9 Å². The summed E-state index contributed by atoms with van der Waals surface area (Å²) in [5.41, 5.74) is 1.97. The van der Waals surface area contributed by atoms with Crippen molar-refractivity contribution in [3.05, 3.63) is 100 Å². The molecule has 3 aromatic rings. The van der Waals surface area contributed by atoms with Gasteiger partial charge in [0.2, 0.25) is 11.8 Å². The molecule has 0 spiro atoms.